The van der Waals surface area contributed by atoms with E-state index in [-0.39, 0.29) is 10.7 Å². The van der Waals surface area contributed by atoms with E-state index in [9.17, 15) is 13.2 Å². The lowest BCUT2D eigenvalue weighted by Crippen LogP contribution is -2.44. The standard InChI is InChI=1S/C16H25N3O3S/c1-2-16(20)14-5-3-6-15(13-14)23(21,22)18-7-4-10-19-11-8-17-9-12-19/h3,5-6,13,17-18H,2,4,7-12H2,1H3. The van der Waals surface area contributed by atoms with Crippen LogP contribution < -0.4 is 10.0 Å². The number of hydrogen-bond donors (Lipinski definition) is 2. The van der Waals surface area contributed by atoms with Gasteiger partial charge >= 0.3 is 0 Å². The van der Waals surface area contributed by atoms with Crippen LogP contribution in [0.2, 0.25) is 0 Å². The zero-order valence-corrected chi connectivity index (χ0v) is 14.4. The second kappa shape index (κ2) is 8.54. The minimum atomic E-state index is -3.56. The summed E-state index contributed by atoms with van der Waals surface area (Å²) in [5.74, 6) is -0.0549. The van der Waals surface area contributed by atoms with Crippen LogP contribution in [0.5, 0.6) is 0 Å². The largest absolute Gasteiger partial charge is 0.314 e. The molecule has 1 aliphatic rings. The van der Waals surface area contributed by atoms with Gasteiger partial charge in [0, 0.05) is 44.7 Å². The number of piperazine rings is 1. The van der Waals surface area contributed by atoms with Crippen LogP contribution in [0.3, 0.4) is 0 Å². The Morgan fingerprint density at radius 2 is 2.04 bits per heavy atom. The lowest BCUT2D eigenvalue weighted by atomic mass is 10.1. The Morgan fingerprint density at radius 1 is 1.30 bits per heavy atom. The van der Waals surface area contributed by atoms with Crippen LogP contribution in [-0.2, 0) is 10.0 Å². The van der Waals surface area contributed by atoms with Crippen molar-refractivity contribution < 1.29 is 13.2 Å². The zero-order chi connectivity index (χ0) is 16.7. The fraction of sp³-hybridized carbons (Fsp3) is 0.562. The molecule has 128 valence electrons. The second-order valence-electron chi connectivity index (χ2n) is 5.65. The number of ketones is 1. The van der Waals surface area contributed by atoms with Crippen molar-refractivity contribution >= 4 is 15.8 Å². The molecule has 0 aliphatic carbocycles. The van der Waals surface area contributed by atoms with E-state index < -0.39 is 10.0 Å². The molecule has 0 unspecified atom stereocenters. The summed E-state index contributed by atoms with van der Waals surface area (Å²) in [6, 6.07) is 6.23. The fourth-order valence-electron chi connectivity index (χ4n) is 2.57. The molecule has 1 saturated heterocycles. The Bertz CT molecular complexity index is 625. The predicted molar refractivity (Wildman–Crippen MR) is 90.2 cm³/mol. The molecule has 0 aromatic heterocycles. The average Bonchev–Trinajstić information content (AvgIpc) is 2.59. The molecule has 2 N–H and O–H groups in total. The van der Waals surface area contributed by atoms with Gasteiger partial charge in [0.25, 0.3) is 0 Å². The van der Waals surface area contributed by atoms with Crippen molar-refractivity contribution in [3.8, 4) is 0 Å². The number of hydrogen-bond acceptors (Lipinski definition) is 5. The fourth-order valence-corrected chi connectivity index (χ4v) is 3.69. The van der Waals surface area contributed by atoms with Gasteiger partial charge in [-0.25, -0.2) is 13.1 Å². The molecule has 0 amide bonds. The van der Waals surface area contributed by atoms with Gasteiger partial charge in [0.1, 0.15) is 0 Å². The van der Waals surface area contributed by atoms with Gasteiger partial charge in [-0.1, -0.05) is 19.1 Å². The molecule has 6 nitrogen and oxygen atoms in total. The number of carbonyl (C=O) groups is 1. The molecule has 0 atom stereocenters. The van der Waals surface area contributed by atoms with Gasteiger partial charge in [0.2, 0.25) is 10.0 Å². The van der Waals surface area contributed by atoms with Gasteiger partial charge in [-0.3, -0.25) is 4.79 Å². The number of Topliss-reactive ketones (excluding diaryl/α,β-unsaturated/α-hetero) is 1. The first-order valence-electron chi connectivity index (χ1n) is 8.09. The number of nitrogens with one attached hydrogen (secondary N) is 2. The van der Waals surface area contributed by atoms with Crippen molar-refractivity contribution in [3.05, 3.63) is 29.8 Å². The molecule has 0 bridgehead atoms. The van der Waals surface area contributed by atoms with Crippen molar-refractivity contribution in [1.82, 2.24) is 14.9 Å². The molecule has 1 fully saturated rings. The van der Waals surface area contributed by atoms with E-state index in [0.717, 1.165) is 39.1 Å². The Morgan fingerprint density at radius 3 is 2.74 bits per heavy atom. The second-order valence-corrected chi connectivity index (χ2v) is 7.41. The van der Waals surface area contributed by atoms with E-state index in [1.54, 1.807) is 19.1 Å². The first kappa shape index (κ1) is 18.1. The highest BCUT2D eigenvalue weighted by Gasteiger charge is 2.16. The topological polar surface area (TPSA) is 78.5 Å². The van der Waals surface area contributed by atoms with Gasteiger partial charge in [0.05, 0.1) is 4.90 Å². The highest BCUT2D eigenvalue weighted by Crippen LogP contribution is 2.13. The van der Waals surface area contributed by atoms with Gasteiger partial charge < -0.3 is 10.2 Å². The van der Waals surface area contributed by atoms with Crippen LogP contribution in [0.1, 0.15) is 30.1 Å². The SMILES string of the molecule is CCC(=O)c1cccc(S(=O)(=O)NCCCN2CCNCC2)c1. The van der Waals surface area contributed by atoms with Gasteiger partial charge in [-0.05, 0) is 25.1 Å². The minimum absolute atomic E-state index is 0.0549. The summed E-state index contributed by atoms with van der Waals surface area (Å²) in [5, 5.41) is 3.29. The Kier molecular flexibility index (Phi) is 6.71. The quantitative estimate of drug-likeness (QED) is 0.542. The summed E-state index contributed by atoms with van der Waals surface area (Å²) in [6.07, 6.45) is 1.13. The van der Waals surface area contributed by atoms with Crippen LogP contribution in [0.25, 0.3) is 0 Å². The number of sulfonamides is 1. The summed E-state index contributed by atoms with van der Waals surface area (Å²) < 4.78 is 27.2. The Balaban J connectivity index is 1.87. The lowest BCUT2D eigenvalue weighted by Gasteiger charge is -2.27. The molecular weight excluding hydrogens is 314 g/mol. The van der Waals surface area contributed by atoms with E-state index >= 15 is 0 Å². The van der Waals surface area contributed by atoms with E-state index in [1.165, 1.54) is 12.1 Å². The summed E-state index contributed by atoms with van der Waals surface area (Å²) in [7, 11) is -3.56. The molecule has 0 saturated carbocycles. The van der Waals surface area contributed by atoms with E-state index in [1.807, 2.05) is 0 Å². The zero-order valence-electron chi connectivity index (χ0n) is 13.5. The van der Waals surface area contributed by atoms with Crippen molar-refractivity contribution in [2.45, 2.75) is 24.7 Å². The number of benzene rings is 1. The smallest absolute Gasteiger partial charge is 0.240 e. The number of nitrogens with zero attached hydrogens (tertiary/aromatic N) is 1. The Labute approximate surface area is 138 Å². The van der Waals surface area contributed by atoms with Crippen LogP contribution in [-0.4, -0.2) is 58.4 Å². The van der Waals surface area contributed by atoms with Gasteiger partial charge in [-0.2, -0.15) is 0 Å². The van der Waals surface area contributed by atoms with Crippen LogP contribution >= 0.6 is 0 Å². The van der Waals surface area contributed by atoms with Crippen LogP contribution in [0.4, 0.5) is 0 Å². The third-order valence-electron chi connectivity index (χ3n) is 3.94. The highest BCUT2D eigenvalue weighted by molar-refractivity contribution is 7.89. The van der Waals surface area contributed by atoms with Crippen molar-refractivity contribution in [2.75, 3.05) is 39.3 Å². The summed E-state index contributed by atoms with van der Waals surface area (Å²) in [6.45, 7) is 7.05. The van der Waals surface area contributed by atoms with E-state index in [2.05, 4.69) is 14.9 Å². The van der Waals surface area contributed by atoms with Crippen LogP contribution in [0.15, 0.2) is 29.2 Å². The third-order valence-corrected chi connectivity index (χ3v) is 5.40. The molecule has 23 heavy (non-hydrogen) atoms. The van der Waals surface area contributed by atoms with Crippen molar-refractivity contribution in [3.63, 3.8) is 0 Å². The first-order chi connectivity index (χ1) is 11.0. The average molecular weight is 339 g/mol. The molecule has 0 spiro atoms. The molecule has 1 aromatic carbocycles. The molecule has 7 heteroatoms. The van der Waals surface area contributed by atoms with Gasteiger partial charge in [0.15, 0.2) is 5.78 Å². The van der Waals surface area contributed by atoms with Crippen LogP contribution in [0, 0.1) is 0 Å². The lowest BCUT2D eigenvalue weighted by molar-refractivity contribution is 0.0988. The monoisotopic (exact) mass is 339 g/mol. The molecule has 1 aromatic rings. The summed E-state index contributed by atoms with van der Waals surface area (Å²) >= 11 is 0. The minimum Gasteiger partial charge on any atom is -0.314 e. The maximum atomic E-state index is 12.3. The first-order valence-corrected chi connectivity index (χ1v) is 9.57. The maximum absolute atomic E-state index is 12.3. The molecule has 0 radical (unpaired) electrons. The highest BCUT2D eigenvalue weighted by atomic mass is 32.2. The predicted octanol–water partition coefficient (Wildman–Crippen LogP) is 0.853. The summed E-state index contributed by atoms with van der Waals surface area (Å²) in [4.78, 5) is 14.2. The Hall–Kier alpha value is -1.28. The molecule has 1 aliphatic heterocycles. The molecule has 2 rings (SSSR count). The molecule has 1 heterocycles. The molecular formula is C16H25N3O3S. The maximum Gasteiger partial charge on any atom is 0.240 e. The van der Waals surface area contributed by atoms with Crippen molar-refractivity contribution in [1.29, 1.82) is 0 Å². The van der Waals surface area contributed by atoms with Crippen molar-refractivity contribution in [2.24, 2.45) is 0 Å². The number of carbonyl (C=O) groups excluding carboxylic acids is 1. The third kappa shape index (κ3) is 5.39. The number of rotatable bonds is 8. The summed E-state index contributed by atoms with van der Waals surface area (Å²) in [5.41, 5.74) is 0.441. The van der Waals surface area contributed by atoms with E-state index in [4.69, 9.17) is 0 Å². The normalized spacial score (nSPS) is 16.4. The van der Waals surface area contributed by atoms with Gasteiger partial charge in [-0.15, -0.1) is 0 Å². The van der Waals surface area contributed by atoms with E-state index in [0.29, 0.717) is 18.5 Å².